The quantitative estimate of drug-likeness (QED) is 0.840. The van der Waals surface area contributed by atoms with Crippen LogP contribution in [0.4, 0.5) is 11.4 Å². The van der Waals surface area contributed by atoms with Crippen molar-refractivity contribution in [3.05, 3.63) is 24.3 Å². The van der Waals surface area contributed by atoms with Gasteiger partial charge in [-0.15, -0.1) is 0 Å². The largest absolute Gasteiger partial charge is 0.353 e. The number of carbonyl (C=O) groups is 3. The number of carbonyl (C=O) groups excluding carboxylic acids is 3. The first kappa shape index (κ1) is 18.9. The van der Waals surface area contributed by atoms with Crippen molar-refractivity contribution in [1.29, 1.82) is 0 Å². The monoisotopic (exact) mass is 346 g/mol. The van der Waals surface area contributed by atoms with Crippen LogP contribution in [0.15, 0.2) is 24.3 Å². The number of nitrogens with one attached hydrogen (secondary N) is 2. The predicted molar refractivity (Wildman–Crippen MR) is 97.4 cm³/mol. The van der Waals surface area contributed by atoms with E-state index in [0.717, 1.165) is 0 Å². The minimum Gasteiger partial charge on any atom is -0.353 e. The lowest BCUT2D eigenvalue weighted by atomic mass is 10.1. The predicted octanol–water partition coefficient (Wildman–Crippen LogP) is 1.21. The summed E-state index contributed by atoms with van der Waals surface area (Å²) in [5.41, 5.74) is 1.32. The number of benzene rings is 1. The van der Waals surface area contributed by atoms with Crippen molar-refractivity contribution in [3.63, 3.8) is 0 Å². The molecule has 7 nitrogen and oxygen atoms in total. The van der Waals surface area contributed by atoms with E-state index >= 15 is 0 Å². The third kappa shape index (κ3) is 5.03. The van der Waals surface area contributed by atoms with Crippen molar-refractivity contribution in [2.75, 3.05) is 30.4 Å². The summed E-state index contributed by atoms with van der Waals surface area (Å²) >= 11 is 0. The molecule has 0 bridgehead atoms. The van der Waals surface area contributed by atoms with Crippen LogP contribution in [0.1, 0.15) is 27.2 Å². The summed E-state index contributed by atoms with van der Waals surface area (Å²) < 4.78 is 0. The average Bonchev–Trinajstić information content (AvgIpc) is 2.59. The first-order valence-electron chi connectivity index (χ1n) is 8.46. The van der Waals surface area contributed by atoms with Crippen LogP contribution in [-0.4, -0.2) is 54.8 Å². The van der Waals surface area contributed by atoms with Crippen molar-refractivity contribution in [2.45, 2.75) is 39.3 Å². The molecule has 1 aliphatic heterocycles. The van der Waals surface area contributed by atoms with Gasteiger partial charge < -0.3 is 15.5 Å². The van der Waals surface area contributed by atoms with Crippen LogP contribution in [0.5, 0.6) is 0 Å². The molecule has 0 saturated carbocycles. The molecular weight excluding hydrogens is 320 g/mol. The van der Waals surface area contributed by atoms with E-state index < -0.39 is 0 Å². The molecule has 1 heterocycles. The van der Waals surface area contributed by atoms with Crippen molar-refractivity contribution in [1.82, 2.24) is 10.2 Å². The molecule has 25 heavy (non-hydrogen) atoms. The van der Waals surface area contributed by atoms with Crippen LogP contribution in [0.3, 0.4) is 0 Å². The molecule has 1 atom stereocenters. The summed E-state index contributed by atoms with van der Waals surface area (Å²) in [7, 11) is 1.73. The molecule has 0 radical (unpaired) electrons. The Labute approximate surface area is 148 Å². The fourth-order valence-corrected chi connectivity index (χ4v) is 2.94. The van der Waals surface area contributed by atoms with Crippen LogP contribution in [0.25, 0.3) is 0 Å². The molecular formula is C18H26N4O3. The number of rotatable bonds is 5. The molecule has 2 N–H and O–H groups in total. The molecule has 1 aromatic rings. The van der Waals surface area contributed by atoms with Crippen molar-refractivity contribution in [2.24, 2.45) is 0 Å². The number of likely N-dealkylation sites (N-methyl/N-ethyl adjacent to an activating group) is 1. The Kier molecular flexibility index (Phi) is 6.14. The number of para-hydroxylation sites is 2. The van der Waals surface area contributed by atoms with Gasteiger partial charge in [0.05, 0.1) is 24.5 Å². The molecule has 0 unspecified atom stereocenters. The highest BCUT2D eigenvalue weighted by atomic mass is 16.2. The van der Waals surface area contributed by atoms with Gasteiger partial charge in [0.25, 0.3) is 0 Å². The van der Waals surface area contributed by atoms with Gasteiger partial charge in [-0.2, -0.15) is 0 Å². The summed E-state index contributed by atoms with van der Waals surface area (Å²) in [4.78, 5) is 40.0. The zero-order chi connectivity index (χ0) is 18.6. The molecule has 0 aliphatic carbocycles. The van der Waals surface area contributed by atoms with Gasteiger partial charge in [-0.05, 0) is 40.0 Å². The number of fused-ring (bicyclic) bond motifs is 1. The first-order valence-corrected chi connectivity index (χ1v) is 8.46. The van der Waals surface area contributed by atoms with E-state index in [9.17, 15) is 14.4 Å². The maximum atomic E-state index is 12.9. The van der Waals surface area contributed by atoms with E-state index in [-0.39, 0.29) is 49.3 Å². The highest BCUT2D eigenvalue weighted by molar-refractivity contribution is 6.05. The van der Waals surface area contributed by atoms with Crippen LogP contribution in [-0.2, 0) is 14.4 Å². The maximum absolute atomic E-state index is 12.9. The SMILES string of the molecule is CC(C)NC(=O)CN(C)CC(=O)N1c2ccccc2NC(=O)C[C@@H]1C. The number of nitrogens with zero attached hydrogens (tertiary/aromatic N) is 2. The summed E-state index contributed by atoms with van der Waals surface area (Å²) in [6.07, 6.45) is 0.234. The van der Waals surface area contributed by atoms with Crippen LogP contribution in [0.2, 0.25) is 0 Å². The second kappa shape index (κ2) is 8.11. The van der Waals surface area contributed by atoms with E-state index in [1.165, 1.54) is 0 Å². The van der Waals surface area contributed by atoms with Crippen LogP contribution in [0, 0.1) is 0 Å². The van der Waals surface area contributed by atoms with Gasteiger partial charge in [-0.1, -0.05) is 12.1 Å². The molecule has 0 saturated heterocycles. The summed E-state index contributed by atoms with van der Waals surface area (Å²) in [5.74, 6) is -0.373. The van der Waals surface area contributed by atoms with E-state index in [4.69, 9.17) is 0 Å². The van der Waals surface area contributed by atoms with E-state index in [1.54, 1.807) is 22.9 Å². The van der Waals surface area contributed by atoms with Crippen LogP contribution >= 0.6 is 0 Å². The minimum absolute atomic E-state index is 0.0613. The Bertz CT molecular complexity index is 659. The zero-order valence-electron chi connectivity index (χ0n) is 15.2. The lowest BCUT2D eigenvalue weighted by Crippen LogP contribution is -2.46. The number of hydrogen-bond donors (Lipinski definition) is 2. The Balaban J connectivity index is 2.12. The van der Waals surface area contributed by atoms with Gasteiger partial charge in [0, 0.05) is 18.5 Å². The van der Waals surface area contributed by atoms with Gasteiger partial charge in [-0.3, -0.25) is 19.3 Å². The second-order valence-electron chi connectivity index (χ2n) is 6.78. The normalized spacial score (nSPS) is 17.1. The van der Waals surface area contributed by atoms with Crippen molar-refractivity contribution in [3.8, 4) is 0 Å². The van der Waals surface area contributed by atoms with Crippen LogP contribution < -0.4 is 15.5 Å². The Morgan fingerprint density at radius 2 is 2.00 bits per heavy atom. The highest BCUT2D eigenvalue weighted by Gasteiger charge is 2.30. The fourth-order valence-electron chi connectivity index (χ4n) is 2.94. The summed E-state index contributed by atoms with van der Waals surface area (Å²) in [5, 5.41) is 5.64. The second-order valence-corrected chi connectivity index (χ2v) is 6.78. The van der Waals surface area contributed by atoms with E-state index in [1.807, 2.05) is 39.0 Å². The minimum atomic E-state index is -0.256. The maximum Gasteiger partial charge on any atom is 0.241 e. The van der Waals surface area contributed by atoms with Crippen molar-refractivity contribution >= 4 is 29.1 Å². The van der Waals surface area contributed by atoms with Gasteiger partial charge in [0.2, 0.25) is 17.7 Å². The molecule has 1 aromatic carbocycles. The molecule has 7 heteroatoms. The Hall–Kier alpha value is -2.41. The standard InChI is InChI=1S/C18H26N4O3/c1-12(2)19-17(24)10-21(4)11-18(25)22-13(3)9-16(23)20-14-7-5-6-8-15(14)22/h5-8,12-13H,9-11H2,1-4H3,(H,19,24)(H,20,23)/t13-/m0/s1. The summed E-state index contributed by atoms with van der Waals surface area (Å²) in [6.45, 7) is 5.88. The van der Waals surface area contributed by atoms with Gasteiger partial charge in [0.1, 0.15) is 0 Å². The van der Waals surface area contributed by atoms with Gasteiger partial charge >= 0.3 is 0 Å². The van der Waals surface area contributed by atoms with Crippen molar-refractivity contribution < 1.29 is 14.4 Å². The molecule has 2 rings (SSSR count). The van der Waals surface area contributed by atoms with Gasteiger partial charge in [-0.25, -0.2) is 0 Å². The topological polar surface area (TPSA) is 81.8 Å². The Morgan fingerprint density at radius 3 is 2.68 bits per heavy atom. The smallest absolute Gasteiger partial charge is 0.241 e. The first-order chi connectivity index (χ1) is 11.8. The average molecular weight is 346 g/mol. The van der Waals surface area contributed by atoms with E-state index in [0.29, 0.717) is 11.4 Å². The summed E-state index contributed by atoms with van der Waals surface area (Å²) in [6, 6.07) is 7.07. The number of amides is 3. The highest BCUT2D eigenvalue weighted by Crippen LogP contribution is 2.31. The fraction of sp³-hybridized carbons (Fsp3) is 0.500. The molecule has 0 spiro atoms. The molecule has 3 amide bonds. The third-order valence-electron chi connectivity index (χ3n) is 3.90. The zero-order valence-corrected chi connectivity index (χ0v) is 15.2. The number of anilines is 2. The molecule has 0 aromatic heterocycles. The van der Waals surface area contributed by atoms with Gasteiger partial charge in [0.15, 0.2) is 0 Å². The van der Waals surface area contributed by atoms with E-state index in [2.05, 4.69) is 10.6 Å². The molecule has 136 valence electrons. The number of hydrogen-bond acceptors (Lipinski definition) is 4. The molecule has 1 aliphatic rings. The Morgan fingerprint density at radius 1 is 1.32 bits per heavy atom. The molecule has 0 fully saturated rings. The third-order valence-corrected chi connectivity index (χ3v) is 3.90. The lowest BCUT2D eigenvalue weighted by molar-refractivity contribution is -0.124. The lowest BCUT2D eigenvalue weighted by Gasteiger charge is -2.29.